The number of aryl methyl sites for hydroxylation is 8. The topological polar surface area (TPSA) is 156 Å². The van der Waals surface area contributed by atoms with Crippen LogP contribution in [0.15, 0.2) is 195 Å². The first kappa shape index (κ1) is 59.6. The average molecular weight is 1350 g/mol. The number of benzene rings is 5. The van der Waals surface area contributed by atoms with Gasteiger partial charge >= 0.3 is 0 Å². The van der Waals surface area contributed by atoms with Crippen LogP contribution in [0.4, 0.5) is 40.1 Å². The predicted molar refractivity (Wildman–Crippen MR) is 411 cm³/mol. The number of fused-ring (bicyclic) bond motifs is 13. The molecule has 0 bridgehead atoms. The molecule has 18 heteroatoms. The van der Waals surface area contributed by atoms with Crippen LogP contribution in [0.3, 0.4) is 0 Å². The summed E-state index contributed by atoms with van der Waals surface area (Å²) in [4.78, 5) is 43.8. The van der Waals surface area contributed by atoms with Gasteiger partial charge in [-0.15, -0.1) is 0 Å². The predicted octanol–water partition coefficient (Wildman–Crippen LogP) is 20.1. The number of pyridine rings is 4. The van der Waals surface area contributed by atoms with Crippen molar-refractivity contribution < 1.29 is 24.5 Å². The number of hydrogen-bond acceptors (Lipinski definition) is 18. The molecule has 101 heavy (non-hydrogen) atoms. The maximum Gasteiger partial charge on any atom is 0.227 e. The van der Waals surface area contributed by atoms with Crippen molar-refractivity contribution in [3.63, 3.8) is 0 Å². The summed E-state index contributed by atoms with van der Waals surface area (Å²) >= 11 is 0. The molecule has 9 aromatic heterocycles. The van der Waals surface area contributed by atoms with Crippen LogP contribution in [0, 0.1) is 55.4 Å². The maximum atomic E-state index is 8.35. The highest BCUT2D eigenvalue weighted by molar-refractivity contribution is 6.12. The second-order valence-electron chi connectivity index (χ2n) is 27.1. The van der Waals surface area contributed by atoms with Gasteiger partial charge in [0, 0.05) is 144 Å². The molecule has 0 N–H and O–H groups in total. The van der Waals surface area contributed by atoms with Crippen molar-refractivity contribution >= 4 is 128 Å². The summed E-state index contributed by atoms with van der Waals surface area (Å²) in [6, 6.07) is 42.0. The first-order valence-electron chi connectivity index (χ1n) is 36.8. The minimum atomic E-state index is -2.18. The van der Waals surface area contributed by atoms with Gasteiger partial charge in [-0.1, -0.05) is 66.7 Å². The van der Waals surface area contributed by atoms with E-state index in [1.54, 1.807) is 24.8 Å². The van der Waals surface area contributed by atoms with Crippen LogP contribution >= 0.6 is 0 Å². The first-order chi connectivity index (χ1) is 50.4. The number of rotatable bonds is 7. The molecule has 14 aromatic rings. The van der Waals surface area contributed by atoms with Crippen molar-refractivity contribution in [2.75, 3.05) is 31.5 Å². The molecule has 0 spiro atoms. The van der Waals surface area contributed by atoms with E-state index in [0.717, 1.165) is 151 Å². The molecule has 0 saturated heterocycles. The van der Waals surface area contributed by atoms with Crippen LogP contribution in [0.5, 0.6) is 0 Å². The van der Waals surface area contributed by atoms with E-state index >= 15 is 0 Å². The van der Waals surface area contributed by atoms with Crippen molar-refractivity contribution in [1.82, 2.24) is 44.6 Å². The van der Waals surface area contributed by atoms with E-state index in [9.17, 15) is 0 Å². The van der Waals surface area contributed by atoms with Crippen LogP contribution in [-0.4, -0.2) is 88.3 Å². The maximum absolute atomic E-state index is 8.35. The lowest BCUT2D eigenvalue weighted by molar-refractivity contribution is 0.263. The molecule has 512 valence electrons. The van der Waals surface area contributed by atoms with Gasteiger partial charge in [0.25, 0.3) is 0 Å². The van der Waals surface area contributed by atoms with Crippen molar-refractivity contribution in [3.8, 4) is 0 Å². The van der Waals surface area contributed by atoms with E-state index in [2.05, 4.69) is 153 Å². The summed E-state index contributed by atoms with van der Waals surface area (Å²) < 4.78 is 64.5. The number of para-hydroxylation sites is 1. The largest absolute Gasteiger partial charge is 0.435 e. The Balaban J connectivity index is 0.000000114. The molecular formula is C83H86N14O4. The molecule has 18 rings (SSSR count). The van der Waals surface area contributed by atoms with Crippen molar-refractivity contribution in [3.05, 3.63) is 222 Å². The summed E-state index contributed by atoms with van der Waals surface area (Å²) in [5, 5.41) is 8.25. The van der Waals surface area contributed by atoms with E-state index in [4.69, 9.17) is 29.5 Å². The highest BCUT2D eigenvalue weighted by atomic mass is 16.4. The second-order valence-corrected chi connectivity index (χ2v) is 27.1. The van der Waals surface area contributed by atoms with Crippen molar-refractivity contribution in [2.45, 2.75) is 147 Å². The summed E-state index contributed by atoms with van der Waals surface area (Å²) in [5.74, 6) is 1.65. The number of hydrogen-bond donors (Lipinski definition) is 0. The molecule has 5 aromatic carbocycles. The van der Waals surface area contributed by atoms with Gasteiger partial charge in [-0.2, -0.15) is 0 Å². The summed E-state index contributed by atoms with van der Waals surface area (Å²) in [6.45, 7) is 29.8. The number of anilines is 7. The van der Waals surface area contributed by atoms with Crippen molar-refractivity contribution in [1.29, 1.82) is 0 Å². The van der Waals surface area contributed by atoms with Gasteiger partial charge < -0.3 is 52.0 Å². The molecule has 0 amide bonds. The van der Waals surface area contributed by atoms with Crippen LogP contribution in [-0.2, 0) is 0 Å². The summed E-state index contributed by atoms with van der Waals surface area (Å²) in [5.41, 5.74) is 19.1. The molecule has 4 aliphatic rings. The Kier molecular flexibility index (Phi) is 15.2. The molecular weight excluding hydrogens is 1260 g/mol. The molecule has 4 aliphatic heterocycles. The van der Waals surface area contributed by atoms with Gasteiger partial charge in [-0.3, -0.25) is 4.90 Å². The Bertz CT molecular complexity index is 5480. The van der Waals surface area contributed by atoms with Crippen LogP contribution in [0.1, 0.15) is 107 Å². The van der Waals surface area contributed by atoms with Gasteiger partial charge in [-0.05, 0) is 194 Å². The standard InChI is InChI=1S/C25H21N5O.2C20H23N3O.C18H19N3O/c1-15-9-11-19-20-12-10-16(2)28-25(20)31-22(19)21(15)30-17(3)29(18-7-5-4-6-8-18)23-24(30)27-14-13-26-23;2*1-12(2)22-10-11-23(15(22)5)18-13(3)6-8-16-17-9-7-14(4)21-20(17)24-19(16)18;1-11-5-7-14-15-8-6-12(2)19-18(15)22-17(14)16(11)21-10-9-20(4)13(21)3/h4-14,17H,1-3H3;2*6-12,15H,1-5H3;5-10,13H,1-4H3/i;2*12D;4D3. The second kappa shape index (κ2) is 25.7. The van der Waals surface area contributed by atoms with Crippen LogP contribution in [0.2, 0.25) is 0 Å². The first-order valence-corrected chi connectivity index (χ1v) is 34.3. The van der Waals surface area contributed by atoms with Gasteiger partial charge in [-0.25, -0.2) is 29.9 Å². The average Bonchev–Trinajstić information content (AvgIpc) is 1.59. The van der Waals surface area contributed by atoms with E-state index in [-0.39, 0.29) is 24.7 Å². The minimum absolute atomic E-state index is 0.0352. The Morgan fingerprint density at radius 2 is 0.683 bits per heavy atom. The molecule has 0 fully saturated rings. The number of nitrogens with zero attached hydrogens (tertiary/aromatic N) is 14. The zero-order valence-electron chi connectivity index (χ0n) is 64.9. The molecule has 0 saturated carbocycles. The summed E-state index contributed by atoms with van der Waals surface area (Å²) in [7, 11) is 0. The Morgan fingerprint density at radius 3 is 1.03 bits per heavy atom. The lowest BCUT2D eigenvalue weighted by Gasteiger charge is -2.33. The highest BCUT2D eigenvalue weighted by Gasteiger charge is 2.40. The molecule has 0 aliphatic carbocycles. The minimum Gasteiger partial charge on any atom is -0.435 e. The fourth-order valence-corrected chi connectivity index (χ4v) is 14.6. The van der Waals surface area contributed by atoms with Gasteiger partial charge in [0.2, 0.25) is 22.9 Å². The fourth-order valence-electron chi connectivity index (χ4n) is 14.6. The SMILES string of the molecule is Cc1ccc2c(n1)oc1c(N3c4nccnc4N(c4ccccc4)C3C)c(C)ccc12.[2H]C(C)(C)N1C=CN(c2c(C)ccc3c2oc2nc(C)ccc23)C1C.[2H]C(C)(C)N1C=CN(c2c(C)ccc3c2oc2nc(C)ccc23)C1C.[2H]C([2H])([2H])N1C=CN(c2c(C)ccc3c2oc2nc(C)ccc23)C1C. The van der Waals surface area contributed by atoms with Gasteiger partial charge in [0.1, 0.15) is 24.7 Å². The van der Waals surface area contributed by atoms with Crippen molar-refractivity contribution in [2.24, 2.45) is 0 Å². The zero-order chi connectivity index (χ0) is 74.9. The van der Waals surface area contributed by atoms with E-state index in [1.165, 1.54) is 4.90 Å². The molecule has 4 atom stereocenters. The Morgan fingerprint density at radius 1 is 0.356 bits per heavy atom. The fraction of sp³-hybridized carbons (Fsp3) is 0.277. The summed E-state index contributed by atoms with van der Waals surface area (Å²) in [6.07, 6.45) is 14.7. The third-order valence-corrected chi connectivity index (χ3v) is 19.8. The molecule has 18 nitrogen and oxygen atoms in total. The van der Waals surface area contributed by atoms with Gasteiger partial charge in [0.05, 0.1) is 25.5 Å². The number of aromatic nitrogens is 6. The van der Waals surface area contributed by atoms with Crippen LogP contribution < -0.4 is 24.5 Å². The Labute approximate surface area is 595 Å². The van der Waals surface area contributed by atoms with E-state index in [1.807, 2.05) is 169 Å². The lowest BCUT2D eigenvalue weighted by atomic mass is 10.1. The smallest absolute Gasteiger partial charge is 0.227 e. The molecule has 0 radical (unpaired) electrons. The monoisotopic (exact) mass is 1350 g/mol. The lowest BCUT2D eigenvalue weighted by Crippen LogP contribution is -2.39. The highest BCUT2D eigenvalue weighted by Crippen LogP contribution is 2.50. The van der Waals surface area contributed by atoms with E-state index in [0.29, 0.717) is 22.9 Å². The normalized spacial score (nSPS) is 18.3. The van der Waals surface area contributed by atoms with Crippen LogP contribution in [0.25, 0.3) is 88.3 Å². The third-order valence-electron chi connectivity index (χ3n) is 19.8. The molecule has 4 unspecified atom stereocenters. The van der Waals surface area contributed by atoms with E-state index < -0.39 is 19.0 Å². The Hall–Kier alpha value is -11.4. The van der Waals surface area contributed by atoms with Gasteiger partial charge in [0.15, 0.2) is 34.0 Å². The zero-order valence-corrected chi connectivity index (χ0v) is 59.9. The number of furan rings is 4. The molecule has 13 heterocycles. The quantitative estimate of drug-likeness (QED) is 0.148. The third kappa shape index (κ3) is 11.3.